The first-order chi connectivity index (χ1) is 21.8. The Morgan fingerprint density at radius 3 is 2.53 bits per heavy atom. The van der Waals surface area contributed by atoms with Crippen molar-refractivity contribution in [1.29, 1.82) is 5.26 Å². The number of hydrogen-bond acceptors (Lipinski definition) is 8. The Bertz CT molecular complexity index is 1650. The topological polar surface area (TPSA) is 127 Å². The van der Waals surface area contributed by atoms with Crippen molar-refractivity contribution in [3.63, 3.8) is 0 Å². The number of carbonyl (C=O) groups excluding carboxylic acids is 3. The minimum absolute atomic E-state index is 0.00402. The van der Waals surface area contributed by atoms with Gasteiger partial charge in [-0.05, 0) is 67.2 Å². The van der Waals surface area contributed by atoms with Crippen LogP contribution in [0.1, 0.15) is 32.6 Å². The number of halogens is 2. The maximum absolute atomic E-state index is 14.0. The second-order valence-corrected chi connectivity index (χ2v) is 10.6. The van der Waals surface area contributed by atoms with Crippen LogP contribution < -0.4 is 20.9 Å². The number of rotatable bonds is 10. The van der Waals surface area contributed by atoms with Gasteiger partial charge < -0.3 is 30.5 Å². The maximum atomic E-state index is 14.0. The van der Waals surface area contributed by atoms with E-state index in [1.165, 1.54) is 36.2 Å². The van der Waals surface area contributed by atoms with Gasteiger partial charge in [-0.25, -0.2) is 8.78 Å². The van der Waals surface area contributed by atoms with Crippen LogP contribution in [0.3, 0.4) is 0 Å². The van der Waals surface area contributed by atoms with Crippen LogP contribution in [0.4, 0.5) is 14.5 Å². The van der Waals surface area contributed by atoms with Crippen LogP contribution in [-0.4, -0.2) is 74.7 Å². The summed E-state index contributed by atoms with van der Waals surface area (Å²) >= 11 is 0. The first kappa shape index (κ1) is 31.3. The Morgan fingerprint density at radius 2 is 1.84 bits per heavy atom. The highest BCUT2D eigenvalue weighted by Gasteiger charge is 2.34. The van der Waals surface area contributed by atoms with Gasteiger partial charge in [-0.2, -0.15) is 5.26 Å². The number of hydrogen-bond donors (Lipinski definition) is 3. The number of nitrogens with one attached hydrogen (secondary N) is 3. The number of amides is 2. The van der Waals surface area contributed by atoms with Gasteiger partial charge in [0.2, 0.25) is 5.91 Å². The van der Waals surface area contributed by atoms with E-state index in [0.29, 0.717) is 59.8 Å². The number of benzene rings is 3. The predicted molar refractivity (Wildman–Crippen MR) is 163 cm³/mol. The van der Waals surface area contributed by atoms with Gasteiger partial charge in [0.1, 0.15) is 18.5 Å². The van der Waals surface area contributed by atoms with Crippen LogP contribution in [0.15, 0.2) is 72.9 Å². The molecule has 3 N–H and O–H groups in total. The largest absolute Gasteiger partial charge is 0.378 e. The Hall–Kier alpha value is -5.12. The third-order valence-electron chi connectivity index (χ3n) is 7.65. The summed E-state index contributed by atoms with van der Waals surface area (Å²) in [4.78, 5) is 43.7. The van der Waals surface area contributed by atoms with Gasteiger partial charge in [0, 0.05) is 41.7 Å². The quantitative estimate of drug-likeness (QED) is 0.298. The summed E-state index contributed by atoms with van der Waals surface area (Å²) in [6, 6.07) is 18.3. The lowest BCUT2D eigenvalue weighted by atomic mass is 9.99. The van der Waals surface area contributed by atoms with Gasteiger partial charge in [-0.15, -0.1) is 0 Å². The molecule has 3 aromatic carbocycles. The molecule has 0 radical (unpaired) electrons. The Morgan fingerprint density at radius 1 is 1.09 bits per heavy atom. The molecule has 10 nitrogen and oxygen atoms in total. The predicted octanol–water partition coefficient (Wildman–Crippen LogP) is 2.70. The van der Waals surface area contributed by atoms with E-state index in [2.05, 4.69) is 26.9 Å². The second-order valence-electron chi connectivity index (χ2n) is 10.6. The molecule has 2 aliphatic heterocycles. The molecule has 0 aromatic heterocycles. The van der Waals surface area contributed by atoms with E-state index in [1.807, 2.05) is 6.07 Å². The van der Waals surface area contributed by atoms with Gasteiger partial charge >= 0.3 is 0 Å². The lowest BCUT2D eigenvalue weighted by Crippen LogP contribution is -2.59. The SMILES string of the molecule is CN[C@@H](CF)C(=O)NC1NC=C(c2cccc(C#N)c2)N(Cc2cc(C(=O)c3ccc(F)cc3)cc(N3CCOCC3)c2)C1=O. The maximum Gasteiger partial charge on any atom is 0.270 e. The molecule has 232 valence electrons. The normalized spacial score (nSPS) is 17.2. The number of ketones is 1. The molecule has 1 saturated heterocycles. The average Bonchev–Trinajstić information content (AvgIpc) is 3.07. The fourth-order valence-corrected chi connectivity index (χ4v) is 5.21. The third-order valence-corrected chi connectivity index (χ3v) is 7.65. The monoisotopic (exact) mass is 614 g/mol. The lowest BCUT2D eigenvalue weighted by Gasteiger charge is -2.35. The number of morpholine rings is 1. The summed E-state index contributed by atoms with van der Waals surface area (Å²) < 4.78 is 32.5. The highest BCUT2D eigenvalue weighted by molar-refractivity contribution is 6.09. The number of carbonyl (C=O) groups is 3. The molecule has 12 heteroatoms. The van der Waals surface area contributed by atoms with Crippen LogP contribution in [0.5, 0.6) is 0 Å². The number of likely N-dealkylation sites (N-methyl/N-ethyl adjacent to an activating group) is 1. The van der Waals surface area contributed by atoms with Crippen molar-refractivity contribution >= 4 is 29.0 Å². The van der Waals surface area contributed by atoms with Crippen molar-refractivity contribution in [2.24, 2.45) is 0 Å². The zero-order valence-electron chi connectivity index (χ0n) is 24.6. The molecule has 0 aliphatic carbocycles. The van der Waals surface area contributed by atoms with Gasteiger partial charge in [-0.3, -0.25) is 14.4 Å². The molecule has 1 unspecified atom stereocenters. The van der Waals surface area contributed by atoms with Gasteiger partial charge in [0.05, 0.1) is 37.1 Å². The standard InChI is InChI=1S/C33H32F2N6O4/c1-37-28(17-34)32(43)39-31-33(44)41(29(19-38-31)24-4-2-3-21(13-24)18-36)20-22-14-25(30(42)23-5-7-26(35)8-6-23)16-27(15-22)40-9-11-45-12-10-40/h2-8,13-16,19,28,31,37-38H,9-12,17,20H2,1H3,(H,39,43)/t28-,31?/m0/s1. The first-order valence-electron chi connectivity index (χ1n) is 14.4. The van der Waals surface area contributed by atoms with Crippen LogP contribution in [0, 0.1) is 17.1 Å². The van der Waals surface area contributed by atoms with E-state index in [0.717, 1.165) is 5.69 Å². The van der Waals surface area contributed by atoms with E-state index in [1.54, 1.807) is 42.6 Å². The fraction of sp³-hybridized carbons (Fsp3) is 0.273. The van der Waals surface area contributed by atoms with Crippen LogP contribution in [0.2, 0.25) is 0 Å². The molecular formula is C33H32F2N6O4. The van der Waals surface area contributed by atoms with E-state index < -0.39 is 36.5 Å². The number of ether oxygens (including phenoxy) is 1. The zero-order chi connectivity index (χ0) is 31.9. The first-order valence-corrected chi connectivity index (χ1v) is 14.4. The van der Waals surface area contributed by atoms with Crippen molar-refractivity contribution in [3.05, 3.63) is 107 Å². The van der Waals surface area contributed by atoms with E-state index >= 15 is 0 Å². The van der Waals surface area contributed by atoms with Crippen LogP contribution >= 0.6 is 0 Å². The van der Waals surface area contributed by atoms with Crippen molar-refractivity contribution in [3.8, 4) is 6.07 Å². The molecule has 3 aromatic rings. The summed E-state index contributed by atoms with van der Waals surface area (Å²) in [6.07, 6.45) is 0.355. The van der Waals surface area contributed by atoms with E-state index in [9.17, 15) is 28.4 Å². The molecule has 5 rings (SSSR count). The van der Waals surface area contributed by atoms with Gasteiger partial charge in [-0.1, -0.05) is 12.1 Å². The molecule has 2 aliphatic rings. The second kappa shape index (κ2) is 14.1. The van der Waals surface area contributed by atoms with Gasteiger partial charge in [0.15, 0.2) is 11.9 Å². The van der Waals surface area contributed by atoms with Crippen molar-refractivity contribution in [1.82, 2.24) is 20.9 Å². The van der Waals surface area contributed by atoms with Crippen LogP contribution in [-0.2, 0) is 20.9 Å². The lowest BCUT2D eigenvalue weighted by molar-refractivity contribution is -0.136. The zero-order valence-corrected chi connectivity index (χ0v) is 24.6. The fourth-order valence-electron chi connectivity index (χ4n) is 5.21. The summed E-state index contributed by atoms with van der Waals surface area (Å²) in [5.74, 6) is -2.00. The summed E-state index contributed by atoms with van der Waals surface area (Å²) in [6.45, 7) is 1.25. The molecule has 2 heterocycles. The van der Waals surface area contributed by atoms with Gasteiger partial charge in [0.25, 0.3) is 5.91 Å². The summed E-state index contributed by atoms with van der Waals surface area (Å²) in [7, 11) is 1.44. The van der Waals surface area contributed by atoms with E-state index in [4.69, 9.17) is 4.74 Å². The molecule has 0 spiro atoms. The average molecular weight is 615 g/mol. The Kier molecular flexibility index (Phi) is 9.82. The van der Waals surface area contributed by atoms with Crippen molar-refractivity contribution < 1.29 is 27.9 Å². The molecule has 2 atom stereocenters. The highest BCUT2D eigenvalue weighted by Crippen LogP contribution is 2.29. The number of nitriles is 1. The minimum atomic E-state index is -1.20. The molecule has 1 fully saturated rings. The number of anilines is 1. The van der Waals surface area contributed by atoms with Crippen molar-refractivity contribution in [2.75, 3.05) is 44.9 Å². The minimum Gasteiger partial charge on any atom is -0.378 e. The molecule has 0 saturated carbocycles. The molecule has 2 amide bonds. The molecule has 0 bridgehead atoms. The third kappa shape index (κ3) is 7.17. The number of alkyl halides is 1. The van der Waals surface area contributed by atoms with Crippen LogP contribution in [0.25, 0.3) is 5.70 Å². The smallest absolute Gasteiger partial charge is 0.270 e. The van der Waals surface area contributed by atoms with Crippen molar-refractivity contribution in [2.45, 2.75) is 18.8 Å². The molecular weight excluding hydrogens is 582 g/mol. The Balaban J connectivity index is 1.54. The summed E-state index contributed by atoms with van der Waals surface area (Å²) in [5.41, 5.74) is 3.42. The summed E-state index contributed by atoms with van der Waals surface area (Å²) in [5, 5.41) is 17.5. The Labute approximate surface area is 259 Å². The van der Waals surface area contributed by atoms with E-state index in [-0.39, 0.29) is 12.3 Å². The molecule has 45 heavy (non-hydrogen) atoms. The number of nitrogens with zero attached hydrogens (tertiary/aromatic N) is 3. The highest BCUT2D eigenvalue weighted by atomic mass is 19.1.